The van der Waals surface area contributed by atoms with E-state index in [0.29, 0.717) is 0 Å². The maximum atomic E-state index is 5.11. The van der Waals surface area contributed by atoms with Crippen molar-refractivity contribution in [2.45, 2.75) is 6.92 Å². The summed E-state index contributed by atoms with van der Waals surface area (Å²) in [6.07, 6.45) is 0. The van der Waals surface area contributed by atoms with E-state index in [-0.39, 0.29) is 0 Å². The fraction of sp³-hybridized carbons (Fsp3) is 0.0263. The number of fused-ring (bicyclic) bond motifs is 6. The van der Waals surface area contributed by atoms with Crippen molar-refractivity contribution in [2.75, 3.05) is 4.90 Å². The Balaban J connectivity index is 1.31. The largest absolute Gasteiger partial charge is 0.309 e. The quantitative estimate of drug-likeness (QED) is 0.229. The summed E-state index contributed by atoms with van der Waals surface area (Å²) in [6.45, 7) is 2.16. The number of aromatic nitrogens is 2. The van der Waals surface area contributed by atoms with Crippen LogP contribution in [0.1, 0.15) is 5.56 Å². The number of imidazole rings is 1. The van der Waals surface area contributed by atoms with Gasteiger partial charge in [-0.2, -0.15) is 0 Å². The summed E-state index contributed by atoms with van der Waals surface area (Å²) < 4.78 is 2.28. The van der Waals surface area contributed by atoms with E-state index in [1.807, 2.05) is 0 Å². The van der Waals surface area contributed by atoms with E-state index in [9.17, 15) is 0 Å². The van der Waals surface area contributed by atoms with Crippen LogP contribution in [0.3, 0.4) is 0 Å². The number of rotatable bonds is 3. The lowest BCUT2D eigenvalue weighted by molar-refractivity contribution is 1.08. The van der Waals surface area contributed by atoms with Gasteiger partial charge in [0, 0.05) is 22.4 Å². The van der Waals surface area contributed by atoms with Gasteiger partial charge < -0.3 is 4.90 Å². The molecule has 3 nitrogen and oxygen atoms in total. The molecule has 8 rings (SSSR count). The Kier molecular flexibility index (Phi) is 5.36. The molecule has 2 heterocycles. The van der Waals surface area contributed by atoms with E-state index in [1.54, 1.807) is 0 Å². The Morgan fingerprint density at radius 1 is 0.463 bits per heavy atom. The molecule has 0 amide bonds. The molecular formula is C38H27N3. The maximum absolute atomic E-state index is 5.11. The Bertz CT molecular complexity index is 2000. The lowest BCUT2D eigenvalue weighted by Gasteiger charge is -2.27. The van der Waals surface area contributed by atoms with Crippen molar-refractivity contribution in [2.24, 2.45) is 0 Å². The van der Waals surface area contributed by atoms with Gasteiger partial charge in [-0.25, -0.2) is 4.98 Å². The number of anilines is 3. The van der Waals surface area contributed by atoms with Crippen LogP contribution >= 0.6 is 0 Å². The third-order valence-corrected chi connectivity index (χ3v) is 8.10. The predicted molar refractivity (Wildman–Crippen MR) is 170 cm³/mol. The third-order valence-electron chi connectivity index (χ3n) is 8.10. The second-order valence-corrected chi connectivity index (χ2v) is 10.5. The monoisotopic (exact) mass is 525 g/mol. The Morgan fingerprint density at radius 2 is 0.976 bits per heavy atom. The molecule has 194 valence electrons. The van der Waals surface area contributed by atoms with Gasteiger partial charge in [0.05, 0.1) is 28.1 Å². The number of hydrogen-bond acceptors (Lipinski definition) is 2. The van der Waals surface area contributed by atoms with Gasteiger partial charge in [0.15, 0.2) is 0 Å². The smallest absolute Gasteiger partial charge is 0.145 e. The number of para-hydroxylation sites is 5. The minimum Gasteiger partial charge on any atom is -0.309 e. The van der Waals surface area contributed by atoms with Crippen molar-refractivity contribution in [3.8, 4) is 39.3 Å². The Morgan fingerprint density at radius 3 is 1.61 bits per heavy atom. The summed E-state index contributed by atoms with van der Waals surface area (Å²) in [5.41, 5.74) is 13.9. The zero-order chi connectivity index (χ0) is 27.3. The fourth-order valence-corrected chi connectivity index (χ4v) is 6.19. The minimum atomic E-state index is 0.941. The lowest BCUT2D eigenvalue weighted by atomic mass is 9.95. The topological polar surface area (TPSA) is 21.1 Å². The first kappa shape index (κ1) is 23.5. The fourth-order valence-electron chi connectivity index (χ4n) is 6.19. The van der Waals surface area contributed by atoms with Crippen LogP contribution in [0.15, 0.2) is 146 Å². The first-order valence-electron chi connectivity index (χ1n) is 14.0. The molecule has 0 unspecified atom stereocenters. The summed E-state index contributed by atoms with van der Waals surface area (Å²) in [4.78, 5) is 7.49. The molecule has 3 heteroatoms. The van der Waals surface area contributed by atoms with Crippen LogP contribution in [-0.2, 0) is 0 Å². The van der Waals surface area contributed by atoms with Crippen molar-refractivity contribution in [1.29, 1.82) is 0 Å². The summed E-state index contributed by atoms with van der Waals surface area (Å²) in [5.74, 6) is 0.941. The highest BCUT2D eigenvalue weighted by atomic mass is 15.2. The van der Waals surface area contributed by atoms with Crippen LogP contribution in [0.25, 0.3) is 50.4 Å². The molecule has 0 radical (unpaired) electrons. The molecule has 0 saturated carbocycles. The summed E-state index contributed by atoms with van der Waals surface area (Å²) >= 11 is 0. The van der Waals surface area contributed by atoms with E-state index >= 15 is 0 Å². The highest BCUT2D eigenvalue weighted by Crippen LogP contribution is 2.50. The normalized spacial score (nSPS) is 12.0. The van der Waals surface area contributed by atoms with Crippen LogP contribution in [0.2, 0.25) is 0 Å². The molecule has 0 spiro atoms. The van der Waals surface area contributed by atoms with Gasteiger partial charge in [0.2, 0.25) is 0 Å². The number of hydrogen-bond donors (Lipinski definition) is 0. The molecule has 41 heavy (non-hydrogen) atoms. The number of aryl methyl sites for hydroxylation is 1. The first-order valence-corrected chi connectivity index (χ1v) is 14.0. The summed E-state index contributed by atoms with van der Waals surface area (Å²) in [7, 11) is 0. The Hall–Kier alpha value is -5.41. The molecule has 0 fully saturated rings. The van der Waals surface area contributed by atoms with E-state index in [4.69, 9.17) is 4.98 Å². The van der Waals surface area contributed by atoms with E-state index in [1.165, 1.54) is 39.2 Å². The Labute approximate surface area is 239 Å². The predicted octanol–water partition coefficient (Wildman–Crippen LogP) is 10.1. The second kappa shape index (κ2) is 9.35. The van der Waals surface area contributed by atoms with Crippen molar-refractivity contribution < 1.29 is 0 Å². The highest BCUT2D eigenvalue weighted by molar-refractivity contribution is 6.02. The molecule has 0 saturated heterocycles. The van der Waals surface area contributed by atoms with Gasteiger partial charge in [-0.05, 0) is 78.2 Å². The van der Waals surface area contributed by atoms with Crippen molar-refractivity contribution in [3.63, 3.8) is 0 Å². The van der Waals surface area contributed by atoms with Crippen LogP contribution in [0, 0.1) is 6.92 Å². The van der Waals surface area contributed by atoms with E-state index in [0.717, 1.165) is 33.8 Å². The van der Waals surface area contributed by atoms with Gasteiger partial charge in [-0.3, -0.25) is 4.57 Å². The van der Waals surface area contributed by atoms with Gasteiger partial charge >= 0.3 is 0 Å². The molecule has 1 aliphatic heterocycles. The summed E-state index contributed by atoms with van der Waals surface area (Å²) in [5, 5.41) is 0. The lowest BCUT2D eigenvalue weighted by Crippen LogP contribution is -2.10. The average Bonchev–Trinajstić information content (AvgIpc) is 3.36. The average molecular weight is 526 g/mol. The second-order valence-electron chi connectivity index (χ2n) is 10.5. The molecule has 0 bridgehead atoms. The van der Waals surface area contributed by atoms with Crippen molar-refractivity contribution >= 4 is 28.1 Å². The maximum Gasteiger partial charge on any atom is 0.145 e. The van der Waals surface area contributed by atoms with Crippen LogP contribution < -0.4 is 4.90 Å². The molecule has 7 aromatic rings. The molecular weight excluding hydrogens is 498 g/mol. The molecule has 1 aliphatic rings. The highest BCUT2D eigenvalue weighted by Gasteiger charge is 2.25. The van der Waals surface area contributed by atoms with Crippen LogP contribution in [0.4, 0.5) is 17.1 Å². The standard InChI is InChI=1S/C38H27N3/c1-26-12-2-8-18-34(26)41-37-21-11-7-17-33(37)39-38(41)27-22-24-28(25-23-27)40-35-19-9-5-15-31(35)29-13-3-4-14-30(29)32-16-6-10-20-36(32)40/h2-25H,1H3. The van der Waals surface area contributed by atoms with Crippen molar-refractivity contribution in [3.05, 3.63) is 151 Å². The van der Waals surface area contributed by atoms with E-state index in [2.05, 4.69) is 162 Å². The molecule has 6 aromatic carbocycles. The van der Waals surface area contributed by atoms with Crippen molar-refractivity contribution in [1.82, 2.24) is 9.55 Å². The van der Waals surface area contributed by atoms with Gasteiger partial charge in [0.1, 0.15) is 5.82 Å². The summed E-state index contributed by atoms with van der Waals surface area (Å²) in [6, 6.07) is 51.9. The molecule has 0 aliphatic carbocycles. The first-order chi connectivity index (χ1) is 20.3. The third kappa shape index (κ3) is 3.70. The van der Waals surface area contributed by atoms with Gasteiger partial charge in [-0.1, -0.05) is 91.0 Å². The van der Waals surface area contributed by atoms with Crippen LogP contribution in [0.5, 0.6) is 0 Å². The molecule has 0 atom stereocenters. The van der Waals surface area contributed by atoms with E-state index < -0.39 is 0 Å². The van der Waals surface area contributed by atoms with Gasteiger partial charge in [0.25, 0.3) is 0 Å². The molecule has 0 N–H and O–H groups in total. The number of benzene rings is 6. The number of nitrogens with zero attached hydrogens (tertiary/aromatic N) is 3. The minimum absolute atomic E-state index is 0.941. The molecule has 1 aromatic heterocycles. The zero-order valence-electron chi connectivity index (χ0n) is 22.7. The SMILES string of the molecule is Cc1ccccc1-n1c(-c2ccc(N3c4ccccc4-c4ccccc4-c4ccccc43)cc2)nc2ccccc21. The van der Waals surface area contributed by atoms with Gasteiger partial charge in [-0.15, -0.1) is 0 Å². The zero-order valence-corrected chi connectivity index (χ0v) is 22.7. The van der Waals surface area contributed by atoms with Crippen LogP contribution in [-0.4, -0.2) is 9.55 Å².